The molecular formula is C18H24O5. The number of aromatic carboxylic acids is 2. The van der Waals surface area contributed by atoms with Gasteiger partial charge < -0.3 is 14.9 Å². The summed E-state index contributed by atoms with van der Waals surface area (Å²) in [4.78, 5) is 22.8. The van der Waals surface area contributed by atoms with Crippen LogP contribution in [-0.4, -0.2) is 35.9 Å². The summed E-state index contributed by atoms with van der Waals surface area (Å²) in [6.45, 7) is 2.39. The fourth-order valence-electron chi connectivity index (χ4n) is 3.72. The summed E-state index contributed by atoms with van der Waals surface area (Å²) in [6, 6.07) is 2.84. The maximum absolute atomic E-state index is 11.6. The fourth-order valence-corrected chi connectivity index (χ4v) is 3.72. The quantitative estimate of drug-likeness (QED) is 0.837. The number of methoxy groups -OCH3 is 1. The van der Waals surface area contributed by atoms with E-state index in [1.54, 1.807) is 20.1 Å². The number of aryl methyl sites for hydroxylation is 1. The Morgan fingerprint density at radius 2 is 1.78 bits per heavy atom. The van der Waals surface area contributed by atoms with Crippen LogP contribution in [0.1, 0.15) is 63.9 Å². The molecule has 5 heteroatoms. The lowest BCUT2D eigenvalue weighted by Gasteiger charge is -2.37. The van der Waals surface area contributed by atoms with Crippen LogP contribution in [0, 0.1) is 12.3 Å². The number of rotatable bonds is 6. The van der Waals surface area contributed by atoms with Gasteiger partial charge in [0, 0.05) is 7.11 Å². The lowest BCUT2D eigenvalue weighted by atomic mass is 9.69. The van der Waals surface area contributed by atoms with Gasteiger partial charge in [0.15, 0.2) is 0 Å². The molecule has 0 radical (unpaired) electrons. The molecule has 2 N–H and O–H groups in total. The molecule has 0 amide bonds. The summed E-state index contributed by atoms with van der Waals surface area (Å²) >= 11 is 0. The maximum Gasteiger partial charge on any atom is 0.335 e. The minimum Gasteiger partial charge on any atom is -0.478 e. The monoisotopic (exact) mass is 320 g/mol. The van der Waals surface area contributed by atoms with Gasteiger partial charge in [0.05, 0.1) is 17.7 Å². The second-order valence-electron chi connectivity index (χ2n) is 6.60. The zero-order valence-electron chi connectivity index (χ0n) is 13.7. The molecule has 0 bridgehead atoms. The highest BCUT2D eigenvalue weighted by Crippen LogP contribution is 2.40. The molecule has 1 aromatic carbocycles. The predicted molar refractivity (Wildman–Crippen MR) is 86.2 cm³/mol. The molecule has 1 aliphatic rings. The van der Waals surface area contributed by atoms with Gasteiger partial charge in [-0.1, -0.05) is 19.3 Å². The van der Waals surface area contributed by atoms with E-state index < -0.39 is 11.9 Å². The molecule has 0 atom stereocenters. The van der Waals surface area contributed by atoms with Crippen molar-refractivity contribution in [3.05, 3.63) is 34.4 Å². The van der Waals surface area contributed by atoms with Gasteiger partial charge in [-0.2, -0.15) is 0 Å². The van der Waals surface area contributed by atoms with Crippen molar-refractivity contribution in [2.75, 3.05) is 13.7 Å². The number of hydrogen-bond donors (Lipinski definition) is 2. The van der Waals surface area contributed by atoms with Crippen molar-refractivity contribution in [3.8, 4) is 0 Å². The highest BCUT2D eigenvalue weighted by Gasteiger charge is 2.34. The third kappa shape index (κ3) is 3.91. The van der Waals surface area contributed by atoms with Gasteiger partial charge in [0.2, 0.25) is 0 Å². The van der Waals surface area contributed by atoms with Gasteiger partial charge in [-0.15, -0.1) is 0 Å². The first-order valence-electron chi connectivity index (χ1n) is 7.97. The molecule has 1 fully saturated rings. The van der Waals surface area contributed by atoms with E-state index in [0.29, 0.717) is 13.0 Å². The zero-order valence-corrected chi connectivity index (χ0v) is 13.7. The summed E-state index contributed by atoms with van der Waals surface area (Å²) in [5, 5.41) is 18.7. The van der Waals surface area contributed by atoms with Gasteiger partial charge in [-0.25, -0.2) is 9.59 Å². The van der Waals surface area contributed by atoms with E-state index in [4.69, 9.17) is 9.84 Å². The topological polar surface area (TPSA) is 83.8 Å². The Morgan fingerprint density at radius 1 is 1.13 bits per heavy atom. The molecule has 126 valence electrons. The number of carbonyl (C=O) groups is 2. The molecule has 0 heterocycles. The normalized spacial score (nSPS) is 17.0. The standard InChI is InChI=1S/C18H24O5/c1-12-8-13(16(19)20)9-14(17(21)22)15(12)10-18(11-23-2)6-4-3-5-7-18/h8-9H,3-7,10-11H2,1-2H3,(H,19,20)(H,21,22). The van der Waals surface area contributed by atoms with Crippen molar-refractivity contribution >= 4 is 11.9 Å². The van der Waals surface area contributed by atoms with Gasteiger partial charge >= 0.3 is 11.9 Å². The van der Waals surface area contributed by atoms with Crippen molar-refractivity contribution < 1.29 is 24.5 Å². The van der Waals surface area contributed by atoms with Crippen molar-refractivity contribution in [2.45, 2.75) is 45.4 Å². The van der Waals surface area contributed by atoms with Crippen LogP contribution < -0.4 is 0 Å². The van der Waals surface area contributed by atoms with E-state index >= 15 is 0 Å². The minimum absolute atomic E-state index is 0.0214. The van der Waals surface area contributed by atoms with Crippen LogP contribution in [0.15, 0.2) is 12.1 Å². The highest BCUT2D eigenvalue weighted by molar-refractivity contribution is 5.95. The first-order valence-corrected chi connectivity index (χ1v) is 7.97. The Bertz CT molecular complexity index is 594. The minimum atomic E-state index is -1.11. The molecule has 1 saturated carbocycles. The summed E-state index contributed by atoms with van der Waals surface area (Å²) in [5.41, 5.74) is 1.54. The molecule has 0 unspecified atom stereocenters. The largest absolute Gasteiger partial charge is 0.478 e. The molecule has 23 heavy (non-hydrogen) atoms. The van der Waals surface area contributed by atoms with Crippen molar-refractivity contribution in [3.63, 3.8) is 0 Å². The number of ether oxygens (including phenoxy) is 1. The van der Waals surface area contributed by atoms with Crippen LogP contribution in [0.4, 0.5) is 0 Å². The lowest BCUT2D eigenvalue weighted by molar-refractivity contribution is 0.0479. The van der Waals surface area contributed by atoms with Gasteiger partial charge in [0.1, 0.15) is 0 Å². The molecule has 1 aliphatic carbocycles. The molecule has 5 nitrogen and oxygen atoms in total. The van der Waals surface area contributed by atoms with Crippen LogP contribution in [-0.2, 0) is 11.2 Å². The van der Waals surface area contributed by atoms with Crippen LogP contribution in [0.2, 0.25) is 0 Å². The molecular weight excluding hydrogens is 296 g/mol. The Kier molecular flexibility index (Phi) is 5.42. The van der Waals surface area contributed by atoms with Gasteiger partial charge in [0.25, 0.3) is 0 Å². The van der Waals surface area contributed by atoms with Crippen LogP contribution in [0.5, 0.6) is 0 Å². The molecule has 0 saturated heterocycles. The van der Waals surface area contributed by atoms with E-state index in [1.807, 2.05) is 0 Å². The van der Waals surface area contributed by atoms with Gasteiger partial charge in [-0.05, 0) is 54.9 Å². The third-order valence-corrected chi connectivity index (χ3v) is 4.87. The first kappa shape index (κ1) is 17.5. The number of carboxylic acid groups (broad SMARTS) is 2. The lowest BCUT2D eigenvalue weighted by Crippen LogP contribution is -2.32. The third-order valence-electron chi connectivity index (χ3n) is 4.87. The van der Waals surface area contributed by atoms with E-state index in [1.165, 1.54) is 12.5 Å². The van der Waals surface area contributed by atoms with Crippen LogP contribution >= 0.6 is 0 Å². The number of hydrogen-bond acceptors (Lipinski definition) is 3. The van der Waals surface area contributed by atoms with E-state index in [2.05, 4.69) is 0 Å². The number of benzene rings is 1. The smallest absolute Gasteiger partial charge is 0.335 e. The average Bonchev–Trinajstić information content (AvgIpc) is 2.49. The van der Waals surface area contributed by atoms with Gasteiger partial charge in [-0.3, -0.25) is 0 Å². The molecule has 0 aliphatic heterocycles. The van der Waals surface area contributed by atoms with Crippen molar-refractivity contribution in [2.24, 2.45) is 5.41 Å². The van der Waals surface area contributed by atoms with Crippen molar-refractivity contribution in [1.82, 2.24) is 0 Å². The summed E-state index contributed by atoms with van der Waals surface area (Å²) in [7, 11) is 1.68. The Labute approximate surface area is 136 Å². The second-order valence-corrected chi connectivity index (χ2v) is 6.60. The van der Waals surface area contributed by atoms with E-state index in [-0.39, 0.29) is 16.5 Å². The SMILES string of the molecule is COCC1(Cc2c(C)cc(C(=O)O)cc2C(=O)O)CCCCC1. The average molecular weight is 320 g/mol. The summed E-state index contributed by atoms with van der Waals surface area (Å²) in [6.07, 6.45) is 6.10. The Balaban J connectivity index is 2.44. The van der Waals surface area contributed by atoms with E-state index in [9.17, 15) is 14.7 Å². The Morgan fingerprint density at radius 3 is 2.30 bits per heavy atom. The fraction of sp³-hybridized carbons (Fsp3) is 0.556. The summed E-state index contributed by atoms with van der Waals surface area (Å²) < 4.78 is 5.42. The molecule has 0 aromatic heterocycles. The summed E-state index contributed by atoms with van der Waals surface area (Å²) in [5.74, 6) is -2.18. The zero-order chi connectivity index (χ0) is 17.0. The predicted octanol–water partition coefficient (Wildman–Crippen LogP) is 3.53. The first-order chi connectivity index (χ1) is 10.9. The van der Waals surface area contributed by atoms with E-state index in [0.717, 1.165) is 36.8 Å². The second kappa shape index (κ2) is 7.13. The highest BCUT2D eigenvalue weighted by atomic mass is 16.5. The van der Waals surface area contributed by atoms with Crippen LogP contribution in [0.3, 0.4) is 0 Å². The molecule has 0 spiro atoms. The van der Waals surface area contributed by atoms with Crippen LogP contribution in [0.25, 0.3) is 0 Å². The van der Waals surface area contributed by atoms with Crippen molar-refractivity contribution in [1.29, 1.82) is 0 Å². The maximum atomic E-state index is 11.6. The molecule has 2 rings (SSSR count). The molecule has 1 aromatic rings. The number of carboxylic acids is 2. The Hall–Kier alpha value is -1.88.